The Hall–Kier alpha value is -2.15. The summed E-state index contributed by atoms with van der Waals surface area (Å²) in [6.45, 7) is 0. The van der Waals surface area contributed by atoms with Gasteiger partial charge >= 0.3 is 0 Å². The molecule has 74 valence electrons. The molecule has 0 atom stereocenters. The smallest absolute Gasteiger partial charge is 0.195 e. The Balaban J connectivity index is 2.31. The van der Waals surface area contributed by atoms with E-state index in [2.05, 4.69) is 24.3 Å². The molecule has 4 aromatic carbocycles. The van der Waals surface area contributed by atoms with E-state index in [-0.39, 0.29) is 5.43 Å². The van der Waals surface area contributed by atoms with E-state index in [1.807, 2.05) is 24.3 Å². The molecule has 0 aliphatic rings. The maximum atomic E-state index is 11.5. The lowest BCUT2D eigenvalue weighted by atomic mass is 10.0. The average Bonchev–Trinajstić information content (AvgIpc) is 2.98. The highest BCUT2D eigenvalue weighted by Gasteiger charge is 2.15. The average molecular weight is 204 g/mol. The van der Waals surface area contributed by atoms with Gasteiger partial charge in [-0.15, -0.1) is 0 Å². The fourth-order valence-corrected chi connectivity index (χ4v) is 2.40. The van der Waals surface area contributed by atoms with E-state index >= 15 is 0 Å². The molecule has 1 heteroatoms. The zero-order valence-corrected chi connectivity index (χ0v) is 8.53. The molecule has 0 aliphatic carbocycles. The van der Waals surface area contributed by atoms with E-state index in [0.717, 1.165) is 21.5 Å². The first-order valence-electron chi connectivity index (χ1n) is 5.35. The molecule has 1 nitrogen and oxygen atoms in total. The first-order chi connectivity index (χ1) is 7.84. The molecule has 0 radical (unpaired) electrons. The minimum absolute atomic E-state index is 0.213. The Labute approximate surface area is 91.6 Å². The monoisotopic (exact) mass is 204 g/mol. The minimum atomic E-state index is 0.213. The van der Waals surface area contributed by atoms with Gasteiger partial charge in [0.25, 0.3) is 0 Å². The van der Waals surface area contributed by atoms with Crippen LogP contribution in [0.25, 0.3) is 32.3 Å². The van der Waals surface area contributed by atoms with Crippen LogP contribution >= 0.6 is 0 Å². The van der Waals surface area contributed by atoms with E-state index in [1.54, 1.807) is 0 Å². The first kappa shape index (κ1) is 8.05. The van der Waals surface area contributed by atoms with Crippen molar-refractivity contribution in [2.45, 2.75) is 0 Å². The highest BCUT2D eigenvalue weighted by Crippen LogP contribution is 2.30. The van der Waals surface area contributed by atoms with Crippen molar-refractivity contribution in [1.82, 2.24) is 0 Å². The van der Waals surface area contributed by atoms with Gasteiger partial charge in [0, 0.05) is 10.8 Å². The van der Waals surface area contributed by atoms with Crippen LogP contribution in [0.15, 0.2) is 53.3 Å². The lowest BCUT2D eigenvalue weighted by molar-refractivity contribution is 1.80. The van der Waals surface area contributed by atoms with Crippen LogP contribution in [-0.2, 0) is 0 Å². The van der Waals surface area contributed by atoms with Crippen LogP contribution in [0, 0.1) is 0 Å². The van der Waals surface area contributed by atoms with Crippen molar-refractivity contribution >= 4 is 32.3 Å². The quantitative estimate of drug-likeness (QED) is 0.401. The van der Waals surface area contributed by atoms with Crippen molar-refractivity contribution in [2.24, 2.45) is 0 Å². The van der Waals surface area contributed by atoms with Gasteiger partial charge in [0.1, 0.15) is 0 Å². The summed E-state index contributed by atoms with van der Waals surface area (Å²) in [5, 5.41) is 6.49. The maximum Gasteiger partial charge on any atom is 0.195 e. The van der Waals surface area contributed by atoms with E-state index in [9.17, 15) is 4.79 Å². The summed E-state index contributed by atoms with van der Waals surface area (Å²) in [5.74, 6) is 0. The lowest BCUT2D eigenvalue weighted by Crippen LogP contribution is -1.75. The van der Waals surface area contributed by atoms with Crippen LogP contribution in [0.2, 0.25) is 0 Å². The summed E-state index contributed by atoms with van der Waals surface area (Å²) >= 11 is 0. The summed E-state index contributed by atoms with van der Waals surface area (Å²) in [4.78, 5) is 11.5. The largest absolute Gasteiger partial charge is 0.289 e. The summed E-state index contributed by atoms with van der Waals surface area (Å²) in [6, 6.07) is 16.5. The number of benzene rings is 3. The molecule has 4 rings (SSSR count). The predicted molar refractivity (Wildman–Crippen MR) is 67.6 cm³/mol. The lowest BCUT2D eigenvalue weighted by Gasteiger charge is -2.00. The highest BCUT2D eigenvalue weighted by atomic mass is 16.1. The molecule has 0 aromatic heterocycles. The summed E-state index contributed by atoms with van der Waals surface area (Å²) in [7, 11) is 0. The van der Waals surface area contributed by atoms with Crippen molar-refractivity contribution in [3.05, 3.63) is 58.8 Å². The molecule has 0 spiro atoms. The zero-order valence-electron chi connectivity index (χ0n) is 8.53. The Morgan fingerprint density at radius 3 is 2.25 bits per heavy atom. The summed E-state index contributed by atoms with van der Waals surface area (Å²) in [6.07, 6.45) is 0. The van der Waals surface area contributed by atoms with Gasteiger partial charge in [-0.3, -0.25) is 4.79 Å². The predicted octanol–water partition coefficient (Wildman–Crippen LogP) is 3.38. The van der Waals surface area contributed by atoms with Gasteiger partial charge in [0.2, 0.25) is 0 Å². The topological polar surface area (TPSA) is 17.1 Å². The van der Waals surface area contributed by atoms with Crippen molar-refractivity contribution in [1.29, 1.82) is 0 Å². The summed E-state index contributed by atoms with van der Waals surface area (Å²) < 4.78 is 0. The van der Waals surface area contributed by atoms with Gasteiger partial charge in [0.15, 0.2) is 5.43 Å². The van der Waals surface area contributed by atoms with Crippen molar-refractivity contribution in [3.8, 4) is 0 Å². The van der Waals surface area contributed by atoms with Gasteiger partial charge in [-0.05, 0) is 39.7 Å². The van der Waals surface area contributed by atoms with Crippen molar-refractivity contribution in [3.63, 3.8) is 0 Å². The van der Waals surface area contributed by atoms with Crippen LogP contribution in [0.3, 0.4) is 0 Å². The zero-order chi connectivity index (χ0) is 10.7. The van der Waals surface area contributed by atoms with E-state index in [0.29, 0.717) is 0 Å². The van der Waals surface area contributed by atoms with Crippen LogP contribution in [0.4, 0.5) is 0 Å². The second kappa shape index (κ2) is 2.50. The normalized spacial score (nSPS) is 12.0. The third-order valence-corrected chi connectivity index (χ3v) is 3.30. The number of fused-ring (bicyclic) bond motifs is 4. The Morgan fingerprint density at radius 2 is 1.44 bits per heavy atom. The maximum absolute atomic E-state index is 11.5. The fraction of sp³-hybridized carbons (Fsp3) is 0. The van der Waals surface area contributed by atoms with Gasteiger partial charge < -0.3 is 0 Å². The third-order valence-electron chi connectivity index (χ3n) is 3.30. The Kier molecular flexibility index (Phi) is 1.26. The molecule has 0 bridgehead atoms. The second-order valence-electron chi connectivity index (χ2n) is 4.24. The number of hydrogen-bond donors (Lipinski definition) is 0. The molecule has 4 aromatic rings. The van der Waals surface area contributed by atoms with Gasteiger partial charge in [-0.2, -0.15) is 0 Å². The number of rotatable bonds is 0. The standard InChI is InChI=1S/C15H8O/c16-15-12-6-5-11-7-9-3-1-2-4-10(9)8-13(11)14(12)15/h1-8H. The molecule has 0 heterocycles. The Bertz CT molecular complexity index is 861. The van der Waals surface area contributed by atoms with Gasteiger partial charge in [-0.25, -0.2) is 0 Å². The van der Waals surface area contributed by atoms with E-state index in [1.165, 1.54) is 10.8 Å². The van der Waals surface area contributed by atoms with Crippen LogP contribution in [0.5, 0.6) is 0 Å². The molecule has 0 aliphatic heterocycles. The van der Waals surface area contributed by atoms with Crippen molar-refractivity contribution in [2.75, 3.05) is 0 Å². The van der Waals surface area contributed by atoms with E-state index < -0.39 is 0 Å². The fourth-order valence-electron chi connectivity index (χ4n) is 2.40. The molecule has 0 saturated carbocycles. The molecule has 0 unspecified atom stereocenters. The molecule has 16 heavy (non-hydrogen) atoms. The Morgan fingerprint density at radius 1 is 0.688 bits per heavy atom. The number of hydrogen-bond acceptors (Lipinski definition) is 1. The van der Waals surface area contributed by atoms with Crippen LogP contribution in [0.1, 0.15) is 0 Å². The van der Waals surface area contributed by atoms with E-state index in [4.69, 9.17) is 0 Å². The van der Waals surface area contributed by atoms with Crippen LogP contribution in [-0.4, -0.2) is 0 Å². The molecule has 0 fully saturated rings. The first-order valence-corrected chi connectivity index (χ1v) is 5.35. The molecule has 0 amide bonds. The third kappa shape index (κ3) is 0.878. The molecule has 0 N–H and O–H groups in total. The SMILES string of the molecule is O=c1c2ccc3cc4ccccc4cc3c12. The van der Waals surface area contributed by atoms with Gasteiger partial charge in [-0.1, -0.05) is 30.3 Å². The van der Waals surface area contributed by atoms with Crippen molar-refractivity contribution < 1.29 is 0 Å². The highest BCUT2D eigenvalue weighted by molar-refractivity contribution is 6.18. The van der Waals surface area contributed by atoms with Crippen LogP contribution < -0.4 is 5.43 Å². The second-order valence-corrected chi connectivity index (χ2v) is 4.24. The molecule has 0 saturated heterocycles. The molecular weight excluding hydrogens is 196 g/mol. The summed E-state index contributed by atoms with van der Waals surface area (Å²) in [5.41, 5.74) is 0.213. The molecular formula is C15H8O. The minimum Gasteiger partial charge on any atom is -0.289 e. The van der Waals surface area contributed by atoms with Gasteiger partial charge in [0.05, 0.1) is 0 Å².